The Balaban J connectivity index is 1.59. The van der Waals surface area contributed by atoms with Crippen molar-refractivity contribution in [2.45, 2.75) is 0 Å². The third kappa shape index (κ3) is 4.37. The number of anilines is 1. The molecule has 1 N–H and O–H groups in total. The maximum absolute atomic E-state index is 13.3. The second-order valence-electron chi connectivity index (χ2n) is 6.57. The van der Waals surface area contributed by atoms with Crippen LogP contribution in [0.3, 0.4) is 0 Å². The fraction of sp³-hybridized carbons (Fsp3) is 0.0870. The van der Waals surface area contributed by atoms with E-state index in [9.17, 15) is 9.18 Å². The largest absolute Gasteiger partial charge is 0.497 e. The number of carbonyl (C=O) groups is 1. The Morgan fingerprint density at radius 2 is 1.71 bits per heavy atom. The van der Waals surface area contributed by atoms with Crippen LogP contribution in [0.25, 0.3) is 17.1 Å². The van der Waals surface area contributed by atoms with Crippen molar-refractivity contribution in [2.75, 3.05) is 19.5 Å². The molecule has 4 rings (SSSR count). The molecule has 0 saturated heterocycles. The van der Waals surface area contributed by atoms with E-state index < -0.39 is 0 Å². The van der Waals surface area contributed by atoms with Crippen LogP contribution < -0.4 is 14.8 Å². The molecule has 0 atom stereocenters. The van der Waals surface area contributed by atoms with Gasteiger partial charge in [-0.1, -0.05) is 6.07 Å². The molecule has 31 heavy (non-hydrogen) atoms. The van der Waals surface area contributed by atoms with E-state index in [4.69, 9.17) is 9.47 Å². The third-order valence-electron chi connectivity index (χ3n) is 4.57. The predicted octanol–water partition coefficient (Wildman–Crippen LogP) is 4.34. The number of rotatable bonds is 6. The van der Waals surface area contributed by atoms with Gasteiger partial charge in [-0.3, -0.25) is 4.79 Å². The van der Waals surface area contributed by atoms with Gasteiger partial charge >= 0.3 is 6.01 Å². The molecule has 3 aromatic carbocycles. The van der Waals surface area contributed by atoms with E-state index in [1.54, 1.807) is 72.5 Å². The van der Waals surface area contributed by atoms with Crippen LogP contribution in [0.1, 0.15) is 10.4 Å². The summed E-state index contributed by atoms with van der Waals surface area (Å²) in [6, 6.07) is 20.2. The first kappa shape index (κ1) is 20.1. The lowest BCUT2D eigenvalue weighted by Gasteiger charge is -2.09. The van der Waals surface area contributed by atoms with E-state index in [1.165, 1.54) is 19.2 Å². The van der Waals surface area contributed by atoms with Gasteiger partial charge in [-0.05, 0) is 66.7 Å². The molecule has 0 aliphatic rings. The summed E-state index contributed by atoms with van der Waals surface area (Å²) in [5.41, 5.74) is 2.50. The fourth-order valence-corrected chi connectivity index (χ4v) is 3.00. The van der Waals surface area contributed by atoms with Crippen LogP contribution in [0.2, 0.25) is 0 Å². The predicted molar refractivity (Wildman–Crippen MR) is 114 cm³/mol. The topological polar surface area (TPSA) is 78.3 Å². The van der Waals surface area contributed by atoms with Crippen molar-refractivity contribution in [3.8, 4) is 28.8 Å². The summed E-state index contributed by atoms with van der Waals surface area (Å²) in [5, 5.41) is 7.19. The summed E-state index contributed by atoms with van der Waals surface area (Å²) in [6.45, 7) is 0. The Morgan fingerprint density at radius 3 is 2.39 bits per heavy atom. The van der Waals surface area contributed by atoms with E-state index in [2.05, 4.69) is 15.4 Å². The Kier molecular flexibility index (Phi) is 5.61. The van der Waals surface area contributed by atoms with Crippen LogP contribution in [-0.2, 0) is 0 Å². The average molecular weight is 418 g/mol. The zero-order valence-corrected chi connectivity index (χ0v) is 16.9. The molecule has 0 fully saturated rings. The first-order chi connectivity index (χ1) is 15.1. The molecule has 7 nitrogen and oxygen atoms in total. The van der Waals surface area contributed by atoms with Crippen molar-refractivity contribution in [3.63, 3.8) is 0 Å². The van der Waals surface area contributed by atoms with E-state index in [0.717, 1.165) is 0 Å². The van der Waals surface area contributed by atoms with Gasteiger partial charge in [0.1, 0.15) is 11.6 Å². The molecule has 1 amide bonds. The molecule has 4 aromatic rings. The van der Waals surface area contributed by atoms with Crippen LogP contribution in [0.4, 0.5) is 10.1 Å². The van der Waals surface area contributed by atoms with Crippen molar-refractivity contribution in [1.82, 2.24) is 14.8 Å². The van der Waals surface area contributed by atoms with E-state index in [1.807, 2.05) is 0 Å². The molecule has 0 spiro atoms. The monoisotopic (exact) mass is 418 g/mol. The second kappa shape index (κ2) is 8.66. The first-order valence-electron chi connectivity index (χ1n) is 9.40. The second-order valence-corrected chi connectivity index (χ2v) is 6.57. The molecular weight excluding hydrogens is 399 g/mol. The highest BCUT2D eigenvalue weighted by molar-refractivity contribution is 6.04. The normalized spacial score (nSPS) is 10.5. The Bertz CT molecular complexity index is 1200. The summed E-state index contributed by atoms with van der Waals surface area (Å²) in [4.78, 5) is 16.9. The van der Waals surface area contributed by atoms with Gasteiger partial charge in [0.15, 0.2) is 5.82 Å². The Morgan fingerprint density at radius 1 is 0.968 bits per heavy atom. The van der Waals surface area contributed by atoms with E-state index in [0.29, 0.717) is 34.1 Å². The van der Waals surface area contributed by atoms with Crippen LogP contribution in [0.15, 0.2) is 72.8 Å². The Labute approximate surface area is 178 Å². The lowest BCUT2D eigenvalue weighted by molar-refractivity contribution is 0.102. The van der Waals surface area contributed by atoms with Crippen LogP contribution >= 0.6 is 0 Å². The van der Waals surface area contributed by atoms with Crippen LogP contribution in [-0.4, -0.2) is 34.9 Å². The van der Waals surface area contributed by atoms with Gasteiger partial charge in [-0.25, -0.2) is 9.07 Å². The Hall–Kier alpha value is -4.20. The van der Waals surface area contributed by atoms with Crippen molar-refractivity contribution in [1.29, 1.82) is 0 Å². The molecule has 1 heterocycles. The summed E-state index contributed by atoms with van der Waals surface area (Å²) >= 11 is 0. The minimum Gasteiger partial charge on any atom is -0.497 e. The summed E-state index contributed by atoms with van der Waals surface area (Å²) in [7, 11) is 3.03. The lowest BCUT2D eigenvalue weighted by atomic mass is 10.2. The summed E-state index contributed by atoms with van der Waals surface area (Å²) in [6.07, 6.45) is 0. The highest BCUT2D eigenvalue weighted by Gasteiger charge is 2.15. The van der Waals surface area contributed by atoms with E-state index >= 15 is 0 Å². The van der Waals surface area contributed by atoms with Crippen LogP contribution in [0, 0.1) is 5.82 Å². The van der Waals surface area contributed by atoms with E-state index in [-0.39, 0.29) is 17.7 Å². The fourth-order valence-electron chi connectivity index (χ4n) is 3.00. The number of methoxy groups -OCH3 is 2. The van der Waals surface area contributed by atoms with Gasteiger partial charge in [0.05, 0.1) is 19.9 Å². The number of nitrogens with zero attached hydrogens (tertiary/aromatic N) is 3. The smallest absolute Gasteiger partial charge is 0.336 e. The van der Waals surface area contributed by atoms with Crippen LogP contribution in [0.5, 0.6) is 11.8 Å². The molecule has 0 unspecified atom stereocenters. The molecular formula is C23H19FN4O3. The molecule has 0 aliphatic carbocycles. The number of benzene rings is 3. The molecule has 0 saturated carbocycles. The van der Waals surface area contributed by atoms with Gasteiger partial charge in [0.25, 0.3) is 5.91 Å². The summed E-state index contributed by atoms with van der Waals surface area (Å²) in [5.74, 6) is 0.528. The maximum Gasteiger partial charge on any atom is 0.336 e. The third-order valence-corrected chi connectivity index (χ3v) is 4.57. The number of carbonyl (C=O) groups excluding carboxylic acids is 1. The van der Waals surface area contributed by atoms with Gasteiger partial charge in [0, 0.05) is 16.8 Å². The number of aromatic nitrogens is 3. The first-order valence-corrected chi connectivity index (χ1v) is 9.40. The minimum absolute atomic E-state index is 0.190. The van der Waals surface area contributed by atoms with Crippen molar-refractivity contribution >= 4 is 11.6 Å². The van der Waals surface area contributed by atoms with Crippen molar-refractivity contribution in [2.24, 2.45) is 0 Å². The number of ether oxygens (including phenoxy) is 2. The van der Waals surface area contributed by atoms with Gasteiger partial charge in [-0.2, -0.15) is 4.98 Å². The van der Waals surface area contributed by atoms with Gasteiger partial charge in [-0.15, -0.1) is 5.10 Å². The molecule has 0 aliphatic heterocycles. The number of hydrogen-bond acceptors (Lipinski definition) is 5. The summed E-state index contributed by atoms with van der Waals surface area (Å²) < 4.78 is 25.2. The molecule has 8 heteroatoms. The van der Waals surface area contributed by atoms with Gasteiger partial charge in [0.2, 0.25) is 0 Å². The average Bonchev–Trinajstić information content (AvgIpc) is 3.24. The maximum atomic E-state index is 13.3. The molecule has 0 radical (unpaired) electrons. The highest BCUT2D eigenvalue weighted by Crippen LogP contribution is 2.25. The quantitative estimate of drug-likeness (QED) is 0.504. The minimum atomic E-state index is -0.335. The zero-order chi connectivity index (χ0) is 21.8. The SMILES string of the molecule is COc1cccc(C(=O)Nc2ccc(-n3nc(OC)nc3-c3ccc(F)cc3)cc2)c1. The standard InChI is InChI=1S/C23H19FN4O3/c1-30-20-5-3-4-16(14-20)22(29)25-18-10-12-19(13-11-18)28-21(26-23(27-28)31-2)15-6-8-17(24)9-7-15/h3-14H,1-2H3,(H,25,29). The molecule has 0 bridgehead atoms. The molecule has 1 aromatic heterocycles. The van der Waals surface area contributed by atoms with Crippen molar-refractivity contribution in [3.05, 3.63) is 84.2 Å². The van der Waals surface area contributed by atoms with Crippen molar-refractivity contribution < 1.29 is 18.7 Å². The number of hydrogen-bond donors (Lipinski definition) is 1. The number of amides is 1. The highest BCUT2D eigenvalue weighted by atomic mass is 19.1. The van der Waals surface area contributed by atoms with Gasteiger partial charge < -0.3 is 14.8 Å². The number of halogens is 1. The molecule has 156 valence electrons. The number of nitrogens with one attached hydrogen (secondary N) is 1. The lowest BCUT2D eigenvalue weighted by Crippen LogP contribution is -2.12. The zero-order valence-electron chi connectivity index (χ0n) is 16.9.